The second-order valence-corrected chi connectivity index (χ2v) is 6.68. The van der Waals surface area contributed by atoms with Gasteiger partial charge in [-0.2, -0.15) is 5.10 Å². The van der Waals surface area contributed by atoms with E-state index in [1.807, 2.05) is 12.3 Å². The van der Waals surface area contributed by atoms with E-state index >= 15 is 0 Å². The van der Waals surface area contributed by atoms with Crippen molar-refractivity contribution in [1.29, 1.82) is 0 Å². The Kier molecular flexibility index (Phi) is 5.01. The summed E-state index contributed by atoms with van der Waals surface area (Å²) in [5, 5.41) is 10.6. The van der Waals surface area contributed by atoms with Crippen LogP contribution in [-0.4, -0.2) is 58.4 Å². The molecule has 1 amide bonds. The van der Waals surface area contributed by atoms with Crippen LogP contribution in [0.3, 0.4) is 0 Å². The molecule has 26 heavy (non-hydrogen) atoms. The SMILES string of the molecule is O=C(NC1CCN(c2nccc(C3CCOCC3)n2)C1)c1cccnn1. The lowest BCUT2D eigenvalue weighted by Crippen LogP contribution is -2.37. The number of nitrogens with zero attached hydrogens (tertiary/aromatic N) is 5. The molecule has 0 aromatic carbocycles. The van der Waals surface area contributed by atoms with Gasteiger partial charge in [0.05, 0.1) is 0 Å². The molecule has 2 aliphatic heterocycles. The zero-order valence-electron chi connectivity index (χ0n) is 14.5. The van der Waals surface area contributed by atoms with Crippen LogP contribution in [0, 0.1) is 0 Å². The van der Waals surface area contributed by atoms with Crippen LogP contribution in [0.15, 0.2) is 30.6 Å². The maximum Gasteiger partial charge on any atom is 0.272 e. The third kappa shape index (κ3) is 3.80. The monoisotopic (exact) mass is 354 g/mol. The summed E-state index contributed by atoms with van der Waals surface area (Å²) in [6.07, 6.45) is 6.26. The molecule has 2 aliphatic rings. The largest absolute Gasteiger partial charge is 0.381 e. The Labute approximate surface area is 152 Å². The number of hydrogen-bond donors (Lipinski definition) is 1. The molecule has 2 saturated heterocycles. The first-order valence-corrected chi connectivity index (χ1v) is 9.04. The normalized spacial score (nSPS) is 20.9. The highest BCUT2D eigenvalue weighted by atomic mass is 16.5. The van der Waals surface area contributed by atoms with Crippen molar-refractivity contribution in [1.82, 2.24) is 25.5 Å². The predicted octanol–water partition coefficient (Wildman–Crippen LogP) is 1.17. The Bertz CT molecular complexity index is 750. The van der Waals surface area contributed by atoms with Gasteiger partial charge in [-0.3, -0.25) is 4.79 Å². The van der Waals surface area contributed by atoms with Crippen LogP contribution in [0.25, 0.3) is 0 Å². The van der Waals surface area contributed by atoms with Gasteiger partial charge in [0.25, 0.3) is 5.91 Å². The van der Waals surface area contributed by atoms with E-state index in [1.165, 1.54) is 0 Å². The quantitative estimate of drug-likeness (QED) is 0.881. The fourth-order valence-electron chi connectivity index (χ4n) is 3.48. The van der Waals surface area contributed by atoms with Crippen LogP contribution in [0.4, 0.5) is 5.95 Å². The molecule has 8 nitrogen and oxygen atoms in total. The molecule has 2 aromatic heterocycles. The Morgan fingerprint density at radius 2 is 2.08 bits per heavy atom. The van der Waals surface area contributed by atoms with Crippen LogP contribution in [-0.2, 0) is 4.74 Å². The van der Waals surface area contributed by atoms with Crippen LogP contribution >= 0.6 is 0 Å². The van der Waals surface area contributed by atoms with Crippen LogP contribution in [0.5, 0.6) is 0 Å². The Hall–Kier alpha value is -2.61. The van der Waals surface area contributed by atoms with E-state index < -0.39 is 0 Å². The van der Waals surface area contributed by atoms with Gasteiger partial charge in [-0.05, 0) is 37.5 Å². The number of carbonyl (C=O) groups is 1. The van der Waals surface area contributed by atoms with E-state index in [4.69, 9.17) is 9.72 Å². The summed E-state index contributed by atoms with van der Waals surface area (Å²) < 4.78 is 5.44. The van der Waals surface area contributed by atoms with Crippen molar-refractivity contribution in [2.24, 2.45) is 0 Å². The standard InChI is InChI=1S/C18H22N6O2/c25-17(16-2-1-7-20-23-16)21-14-4-9-24(12-14)18-19-8-3-15(22-18)13-5-10-26-11-6-13/h1-3,7-8,13-14H,4-6,9-12H2,(H,21,25). The van der Waals surface area contributed by atoms with Crippen LogP contribution in [0.2, 0.25) is 0 Å². The number of amides is 1. The summed E-state index contributed by atoms with van der Waals surface area (Å²) in [5.74, 6) is 0.993. The molecule has 2 fully saturated rings. The van der Waals surface area contributed by atoms with Crippen molar-refractivity contribution in [3.63, 3.8) is 0 Å². The average molecular weight is 354 g/mol. The Morgan fingerprint density at radius 1 is 1.19 bits per heavy atom. The summed E-state index contributed by atoms with van der Waals surface area (Å²) >= 11 is 0. The van der Waals surface area contributed by atoms with Crippen molar-refractivity contribution < 1.29 is 9.53 Å². The average Bonchev–Trinajstić information content (AvgIpc) is 3.18. The number of ether oxygens (including phenoxy) is 1. The molecule has 1 unspecified atom stereocenters. The van der Waals surface area contributed by atoms with Gasteiger partial charge in [-0.1, -0.05) is 0 Å². The molecule has 0 spiro atoms. The van der Waals surface area contributed by atoms with Gasteiger partial charge in [0, 0.05) is 56.4 Å². The van der Waals surface area contributed by atoms with Crippen LogP contribution in [0.1, 0.15) is 41.4 Å². The maximum absolute atomic E-state index is 12.2. The summed E-state index contributed by atoms with van der Waals surface area (Å²) in [5.41, 5.74) is 1.43. The number of nitrogens with one attached hydrogen (secondary N) is 1. The molecule has 8 heteroatoms. The fourth-order valence-corrected chi connectivity index (χ4v) is 3.48. The van der Waals surface area contributed by atoms with Crippen molar-refractivity contribution in [2.75, 3.05) is 31.2 Å². The zero-order chi connectivity index (χ0) is 17.8. The molecule has 0 saturated carbocycles. The molecule has 1 N–H and O–H groups in total. The molecular weight excluding hydrogens is 332 g/mol. The highest BCUT2D eigenvalue weighted by Gasteiger charge is 2.27. The number of hydrogen-bond acceptors (Lipinski definition) is 7. The number of rotatable bonds is 4. The topological polar surface area (TPSA) is 93.1 Å². The van der Waals surface area contributed by atoms with Crippen molar-refractivity contribution >= 4 is 11.9 Å². The second-order valence-electron chi connectivity index (χ2n) is 6.68. The molecule has 0 radical (unpaired) electrons. The lowest BCUT2D eigenvalue weighted by atomic mass is 9.96. The number of aromatic nitrogens is 4. The van der Waals surface area contributed by atoms with Crippen molar-refractivity contribution in [3.8, 4) is 0 Å². The minimum absolute atomic E-state index is 0.0554. The highest BCUT2D eigenvalue weighted by molar-refractivity contribution is 5.92. The number of anilines is 1. The first-order chi connectivity index (χ1) is 12.8. The predicted molar refractivity (Wildman–Crippen MR) is 94.9 cm³/mol. The summed E-state index contributed by atoms with van der Waals surface area (Å²) in [6, 6.07) is 5.43. The Morgan fingerprint density at radius 3 is 2.88 bits per heavy atom. The van der Waals surface area contributed by atoms with Gasteiger partial charge < -0.3 is 15.0 Å². The first kappa shape index (κ1) is 16.8. The van der Waals surface area contributed by atoms with Gasteiger partial charge in [-0.25, -0.2) is 9.97 Å². The first-order valence-electron chi connectivity index (χ1n) is 9.04. The van der Waals surface area contributed by atoms with E-state index in [0.717, 1.165) is 50.7 Å². The summed E-state index contributed by atoms with van der Waals surface area (Å²) in [6.45, 7) is 3.11. The smallest absolute Gasteiger partial charge is 0.272 e. The minimum atomic E-state index is -0.193. The zero-order valence-corrected chi connectivity index (χ0v) is 14.5. The fraction of sp³-hybridized carbons (Fsp3) is 0.500. The van der Waals surface area contributed by atoms with Crippen molar-refractivity contribution in [2.45, 2.75) is 31.2 Å². The van der Waals surface area contributed by atoms with E-state index in [1.54, 1.807) is 18.3 Å². The van der Waals surface area contributed by atoms with Crippen LogP contribution < -0.4 is 10.2 Å². The third-order valence-corrected chi connectivity index (χ3v) is 4.92. The summed E-state index contributed by atoms with van der Waals surface area (Å²) in [7, 11) is 0. The van der Waals surface area contributed by atoms with Crippen molar-refractivity contribution in [3.05, 3.63) is 42.0 Å². The van der Waals surface area contributed by atoms with E-state index in [9.17, 15) is 4.79 Å². The van der Waals surface area contributed by atoms with Gasteiger partial charge in [0.1, 0.15) is 0 Å². The molecule has 2 aromatic rings. The molecular formula is C18H22N6O2. The van der Waals surface area contributed by atoms with E-state index in [0.29, 0.717) is 18.2 Å². The third-order valence-electron chi connectivity index (χ3n) is 4.92. The minimum Gasteiger partial charge on any atom is -0.381 e. The van der Waals surface area contributed by atoms with Gasteiger partial charge >= 0.3 is 0 Å². The van der Waals surface area contributed by atoms with Gasteiger partial charge in [0.2, 0.25) is 5.95 Å². The molecule has 0 bridgehead atoms. The lowest BCUT2D eigenvalue weighted by molar-refractivity contribution is 0.0845. The molecule has 0 aliphatic carbocycles. The van der Waals surface area contributed by atoms with E-state index in [-0.39, 0.29) is 11.9 Å². The second kappa shape index (κ2) is 7.74. The van der Waals surface area contributed by atoms with Gasteiger partial charge in [-0.15, -0.1) is 5.10 Å². The molecule has 4 rings (SSSR count). The molecule has 136 valence electrons. The molecule has 1 atom stereocenters. The maximum atomic E-state index is 12.2. The lowest BCUT2D eigenvalue weighted by Gasteiger charge is -2.23. The van der Waals surface area contributed by atoms with E-state index in [2.05, 4.69) is 25.4 Å². The highest BCUT2D eigenvalue weighted by Crippen LogP contribution is 2.26. The molecule has 4 heterocycles. The van der Waals surface area contributed by atoms with Gasteiger partial charge in [0.15, 0.2) is 5.69 Å². The summed E-state index contributed by atoms with van der Waals surface area (Å²) in [4.78, 5) is 23.6. The Balaban J connectivity index is 1.38. The number of carbonyl (C=O) groups excluding carboxylic acids is 1.